The fourth-order valence-corrected chi connectivity index (χ4v) is 5.13. The van der Waals surface area contributed by atoms with Crippen molar-refractivity contribution in [2.75, 3.05) is 0 Å². The normalized spacial score (nSPS) is 15.5. The van der Waals surface area contributed by atoms with Crippen molar-refractivity contribution in [3.8, 4) is 17.5 Å². The van der Waals surface area contributed by atoms with Crippen LogP contribution in [-0.4, -0.2) is 24.0 Å². The zero-order valence-corrected chi connectivity index (χ0v) is 18.6. The maximum Gasteiger partial charge on any atom is 0.242 e. The van der Waals surface area contributed by atoms with Gasteiger partial charge in [-0.15, -0.1) is 0 Å². The Morgan fingerprint density at radius 3 is 2.65 bits per heavy atom. The number of pyridine rings is 1. The number of rotatable bonds is 6. The van der Waals surface area contributed by atoms with Gasteiger partial charge in [-0.1, -0.05) is 6.92 Å². The summed E-state index contributed by atoms with van der Waals surface area (Å²) in [7, 11) is -3.91. The summed E-state index contributed by atoms with van der Waals surface area (Å²) < 4.78 is 51.8. The third-order valence-corrected chi connectivity index (χ3v) is 7.27. The Kier molecular flexibility index (Phi) is 5.24. The van der Waals surface area contributed by atoms with E-state index in [0.29, 0.717) is 34.3 Å². The average Bonchev–Trinajstić information content (AvgIpc) is 2.97. The molecule has 0 bridgehead atoms. The van der Waals surface area contributed by atoms with E-state index in [-0.39, 0.29) is 16.8 Å². The Labute approximate surface area is 183 Å². The predicted molar refractivity (Wildman–Crippen MR) is 118 cm³/mol. The minimum Gasteiger partial charge on any atom is -0.335 e. The van der Waals surface area contributed by atoms with Gasteiger partial charge in [0.15, 0.2) is 0 Å². The topological polar surface area (TPSA) is 87.8 Å². The second-order valence-electron chi connectivity index (χ2n) is 8.09. The van der Waals surface area contributed by atoms with Gasteiger partial charge in [0, 0.05) is 25.0 Å². The van der Waals surface area contributed by atoms with E-state index in [4.69, 9.17) is 1.37 Å². The molecule has 0 atom stereocenters. The van der Waals surface area contributed by atoms with Gasteiger partial charge in [-0.2, -0.15) is 5.26 Å². The van der Waals surface area contributed by atoms with Gasteiger partial charge < -0.3 is 4.57 Å². The molecule has 0 unspecified atom stereocenters. The van der Waals surface area contributed by atoms with E-state index in [1.54, 1.807) is 6.07 Å². The molecule has 3 aromatic rings. The van der Waals surface area contributed by atoms with Crippen LogP contribution in [0.1, 0.15) is 58.6 Å². The number of aryl methyl sites for hydroxylation is 1. The van der Waals surface area contributed by atoms with Crippen molar-refractivity contribution in [1.29, 1.82) is 5.26 Å². The van der Waals surface area contributed by atoms with Crippen LogP contribution >= 0.6 is 0 Å². The van der Waals surface area contributed by atoms with Crippen molar-refractivity contribution in [3.63, 3.8) is 0 Å². The number of sulfonamides is 1. The highest BCUT2D eigenvalue weighted by Gasteiger charge is 2.29. The fourth-order valence-electron chi connectivity index (χ4n) is 4.04. The van der Waals surface area contributed by atoms with Crippen molar-refractivity contribution in [1.82, 2.24) is 14.3 Å². The molecule has 2 heterocycles. The zero-order chi connectivity index (χ0) is 23.3. The summed E-state index contributed by atoms with van der Waals surface area (Å²) in [6.07, 6.45) is 4.75. The summed E-state index contributed by atoms with van der Waals surface area (Å²) in [5, 5.41) is 10.5. The Balaban J connectivity index is 1.90. The number of halogens is 1. The Morgan fingerprint density at radius 2 is 2.13 bits per heavy atom. The molecule has 6 nitrogen and oxygen atoms in total. The van der Waals surface area contributed by atoms with Gasteiger partial charge in [-0.25, -0.2) is 17.5 Å². The van der Waals surface area contributed by atoms with Crippen LogP contribution < -0.4 is 4.72 Å². The minimum absolute atomic E-state index is 0.0642. The van der Waals surface area contributed by atoms with Crippen LogP contribution in [0.4, 0.5) is 4.39 Å². The number of nitrogens with one attached hydrogen (secondary N) is 1. The summed E-state index contributed by atoms with van der Waals surface area (Å²) in [6, 6.07) is 7.24. The maximum atomic E-state index is 14.6. The molecular formula is C23H25FN4O2S. The zero-order valence-electron chi connectivity index (χ0n) is 18.7. The van der Waals surface area contributed by atoms with Crippen LogP contribution in [0.3, 0.4) is 0 Å². The molecule has 4 rings (SSSR count). The van der Waals surface area contributed by atoms with Gasteiger partial charge in [-0.05, 0) is 69.4 Å². The average molecular weight is 442 g/mol. The minimum atomic E-state index is -3.91. The molecule has 0 radical (unpaired) electrons. The van der Waals surface area contributed by atoms with E-state index in [9.17, 15) is 18.1 Å². The SMILES string of the molecule is [2H]C(C)(C)NS(=O)(=O)c1ccc(-c2c(C#N)c3cc(F)c(CC)cc3n2C2CCC2)nc1. The molecule has 1 fully saturated rings. The first-order valence-corrected chi connectivity index (χ1v) is 11.8. The monoisotopic (exact) mass is 441 g/mol. The molecule has 31 heavy (non-hydrogen) atoms. The van der Waals surface area contributed by atoms with Crippen LogP contribution in [0, 0.1) is 17.1 Å². The summed E-state index contributed by atoms with van der Waals surface area (Å²) >= 11 is 0. The van der Waals surface area contributed by atoms with E-state index >= 15 is 0 Å². The first-order chi connectivity index (χ1) is 15.1. The van der Waals surface area contributed by atoms with Crippen LogP contribution in [0.15, 0.2) is 35.4 Å². The lowest BCUT2D eigenvalue weighted by molar-refractivity contribution is 0.324. The van der Waals surface area contributed by atoms with E-state index in [2.05, 4.69) is 20.3 Å². The van der Waals surface area contributed by atoms with Crippen molar-refractivity contribution in [3.05, 3.63) is 47.4 Å². The predicted octanol–water partition coefficient (Wildman–Crippen LogP) is 4.69. The number of fused-ring (bicyclic) bond motifs is 1. The molecule has 8 heteroatoms. The maximum absolute atomic E-state index is 14.6. The summed E-state index contributed by atoms with van der Waals surface area (Å²) in [5.74, 6) is -0.340. The number of nitrogens with zero attached hydrogens (tertiary/aromatic N) is 3. The summed E-state index contributed by atoms with van der Waals surface area (Å²) in [4.78, 5) is 4.31. The molecule has 162 valence electrons. The van der Waals surface area contributed by atoms with E-state index < -0.39 is 16.0 Å². The summed E-state index contributed by atoms with van der Waals surface area (Å²) in [6.45, 7) is 4.76. The number of benzene rings is 1. The Hall–Kier alpha value is -2.76. The Morgan fingerprint density at radius 1 is 1.39 bits per heavy atom. The van der Waals surface area contributed by atoms with Crippen molar-refractivity contribution in [2.45, 2.75) is 63.4 Å². The van der Waals surface area contributed by atoms with Crippen molar-refractivity contribution >= 4 is 20.9 Å². The fraction of sp³-hybridized carbons (Fsp3) is 0.391. The highest BCUT2D eigenvalue weighted by molar-refractivity contribution is 7.89. The third-order valence-electron chi connectivity index (χ3n) is 5.73. The molecule has 2 aromatic heterocycles. The molecule has 0 aliphatic heterocycles. The number of hydrogen-bond acceptors (Lipinski definition) is 4. The lowest BCUT2D eigenvalue weighted by atomic mass is 9.92. The molecule has 1 aliphatic rings. The van der Waals surface area contributed by atoms with Crippen LogP contribution in [0.25, 0.3) is 22.3 Å². The highest BCUT2D eigenvalue weighted by atomic mass is 32.2. The molecule has 0 spiro atoms. The number of nitriles is 1. The van der Waals surface area contributed by atoms with Crippen LogP contribution in [0.2, 0.25) is 0 Å². The van der Waals surface area contributed by atoms with Crippen LogP contribution in [0.5, 0.6) is 0 Å². The molecule has 1 aromatic carbocycles. The third kappa shape index (κ3) is 3.73. The van der Waals surface area contributed by atoms with Gasteiger partial charge in [0.25, 0.3) is 0 Å². The van der Waals surface area contributed by atoms with E-state index in [1.807, 2.05) is 13.0 Å². The standard InChI is InChI=1S/C23H25FN4O2S/c1-4-15-10-22-18(11-20(15)24)19(12-25)23(28(22)16-6-5-7-16)21-9-8-17(13-26-21)31(29,30)27-14(2)3/h8-11,13-14,16,27H,4-7H2,1-3H3/i14D. The quantitative estimate of drug-likeness (QED) is 0.601. The van der Waals surface area contributed by atoms with Gasteiger partial charge >= 0.3 is 0 Å². The smallest absolute Gasteiger partial charge is 0.242 e. The second-order valence-corrected chi connectivity index (χ2v) is 9.77. The lowest BCUT2D eigenvalue weighted by Gasteiger charge is -2.30. The second kappa shape index (κ2) is 8.06. The molecule has 1 N–H and O–H groups in total. The first-order valence-electron chi connectivity index (χ1n) is 10.8. The van der Waals surface area contributed by atoms with Gasteiger partial charge in [0.2, 0.25) is 10.0 Å². The molecule has 1 aliphatic carbocycles. The molecule has 0 saturated heterocycles. The van der Waals surface area contributed by atoms with Gasteiger partial charge in [0.05, 0.1) is 22.5 Å². The van der Waals surface area contributed by atoms with Crippen molar-refractivity contribution < 1.29 is 14.2 Å². The van der Waals surface area contributed by atoms with Crippen molar-refractivity contribution in [2.24, 2.45) is 0 Å². The number of aromatic nitrogens is 2. The number of hydrogen-bond donors (Lipinski definition) is 1. The van der Waals surface area contributed by atoms with Gasteiger partial charge in [0.1, 0.15) is 16.8 Å². The van der Waals surface area contributed by atoms with Crippen LogP contribution in [-0.2, 0) is 16.4 Å². The highest BCUT2D eigenvalue weighted by Crippen LogP contribution is 2.42. The Bertz CT molecular complexity index is 1330. The summed E-state index contributed by atoms with van der Waals surface area (Å²) in [5.41, 5.74) is 2.76. The molecule has 1 saturated carbocycles. The van der Waals surface area contributed by atoms with E-state index in [0.717, 1.165) is 24.8 Å². The molecular weight excluding hydrogens is 415 g/mol. The largest absolute Gasteiger partial charge is 0.335 e. The lowest BCUT2D eigenvalue weighted by Crippen LogP contribution is -2.30. The van der Waals surface area contributed by atoms with E-state index in [1.165, 1.54) is 32.2 Å². The first kappa shape index (κ1) is 20.2. The molecule has 0 amide bonds. The van der Waals surface area contributed by atoms with Gasteiger partial charge in [-0.3, -0.25) is 4.98 Å².